The van der Waals surface area contributed by atoms with Crippen LogP contribution in [0.5, 0.6) is 0 Å². The van der Waals surface area contributed by atoms with Crippen LogP contribution in [0.4, 0.5) is 63.1 Å². The molecule has 1 amide bonds. The number of anilines is 11. The average molecular weight is 1750 g/mol. The van der Waals surface area contributed by atoms with Crippen molar-refractivity contribution in [3.05, 3.63) is 293 Å². The van der Waals surface area contributed by atoms with Gasteiger partial charge in [-0.2, -0.15) is 20.3 Å². The Morgan fingerprint density at radius 2 is 0.984 bits per heavy atom. The molecule has 28 nitrogen and oxygen atoms in total. The Hall–Kier alpha value is -14.6. The Balaban J connectivity index is 0.000000159. The van der Waals surface area contributed by atoms with Gasteiger partial charge < -0.3 is 72.8 Å². The van der Waals surface area contributed by atoms with Crippen LogP contribution < -0.4 is 63.8 Å². The quantitative estimate of drug-likeness (QED) is 0.0358. The second-order valence-corrected chi connectivity index (χ2v) is 30.9. The lowest BCUT2D eigenvalue weighted by Gasteiger charge is -2.11. The Morgan fingerprint density at radius 1 is 0.468 bits per heavy atom. The highest BCUT2D eigenvalue weighted by molar-refractivity contribution is 7.16. The van der Waals surface area contributed by atoms with Crippen LogP contribution in [-0.2, 0) is 12.5 Å². The second-order valence-electron chi connectivity index (χ2n) is 28.5. The molecule has 0 saturated heterocycles. The van der Waals surface area contributed by atoms with Crippen LogP contribution in [0.2, 0.25) is 0 Å². The molecular formula is C95H113N25O3S3. The Morgan fingerprint density at radius 3 is 1.46 bits per heavy atom. The van der Waals surface area contributed by atoms with Crippen molar-refractivity contribution in [3.63, 3.8) is 0 Å². The Bertz CT molecular complexity index is 5680. The monoisotopic (exact) mass is 1750 g/mol. The molecule has 0 radical (unpaired) electrons. The number of aliphatic imine (C=N–C) groups is 1. The molecule has 126 heavy (non-hydrogen) atoms. The van der Waals surface area contributed by atoms with E-state index < -0.39 is 0 Å². The number of aryl methyl sites for hydroxylation is 1. The standard InChI is InChI=1S/C13H13N.C10H12N4O.C10H11N3.2C10H10N2S.C9H10N4.C9H12N2O.C8H13N3.C8H14N2O.C8H8N2S/c1-14-13-9-5-8-12(10-13)11-6-3-2-4-7-11;1-11-8-5-3-4-7(6-8)9-13-10(12-2)15-14-9;1-11-9-4-2-3-8(7-9)10-5-6-12-13-10;2*1-11-9-4-2-3-8(5-9)10-6-13-7-12-10;1-10-8-4-2-3-7(5-8)9-11-6-12-13-9;1-10-8-5-3-4-7(6-8)9(12)11-2;1-9-8-5-7(6-3-4-6)10-11(8)2;1-8(2,3)6-5-7(9-4)10-11-6;1-9-6-2-3-7-8(4-6)11-5-10-7/h2-10,14H,1H3;3-6,11H,1-2H3,(H,12,13,14);2-7,11H,1H3,(H,12,13);2*2-7,11H,1H3;2-6,9-10H,1H3;3-6,10H,1-2H3,(H,11,12);5-6,9H,3-4H2,1-2H3;5H,1-4H3,(H,9,10);2-5,9H,1H3. The number of hydrogen-bond donors (Lipinski definition) is 13. The first-order chi connectivity index (χ1) is 61.3. The molecule has 1 atom stereocenters. The van der Waals surface area contributed by atoms with Crippen molar-refractivity contribution in [2.24, 2.45) is 22.3 Å². The van der Waals surface area contributed by atoms with Crippen LogP contribution in [0.25, 0.3) is 66.5 Å². The van der Waals surface area contributed by atoms with E-state index in [9.17, 15) is 4.79 Å². The summed E-state index contributed by atoms with van der Waals surface area (Å²) in [6, 6.07) is 79.1. The SMILES string of the molecule is CNC(=O)c1cccc(NC)c1.CNc1cc(C(C)(C)C)on1.CNc1cc(C2CC2)nn1C.CNc1ccc2ncsc2c1.CNc1cccc(-c2ccccc2)c1.CNc1cccc(-c2ccn[nH]2)c1.CNc1cccc(-c2cscn2)c1.CNc1cccc(-c2cscn2)c1.CNc1cccc(-c2noc(NC)n2)c1.CNc1cccc(C2N=CN=N2)c1. The van der Waals surface area contributed by atoms with Crippen molar-refractivity contribution in [1.82, 2.24) is 55.5 Å². The number of carbonyl (C=O) groups excluding carboxylic acids is 1. The molecule has 1 saturated carbocycles. The highest BCUT2D eigenvalue weighted by Crippen LogP contribution is 2.40. The van der Waals surface area contributed by atoms with E-state index in [2.05, 4.69) is 247 Å². The molecule has 7 aromatic heterocycles. The first-order valence-electron chi connectivity index (χ1n) is 40.7. The minimum atomic E-state index is -0.145. The van der Waals surface area contributed by atoms with Gasteiger partial charge in [0.15, 0.2) is 12.0 Å². The van der Waals surface area contributed by atoms with Gasteiger partial charge in [-0.25, -0.2) is 19.9 Å². The number of rotatable bonds is 19. The van der Waals surface area contributed by atoms with Crippen molar-refractivity contribution in [2.75, 3.05) is 143 Å². The number of amides is 1. The zero-order valence-electron chi connectivity index (χ0n) is 73.9. The third-order valence-electron chi connectivity index (χ3n) is 18.9. The molecule has 16 aromatic rings. The summed E-state index contributed by atoms with van der Waals surface area (Å²) >= 11 is 4.90. The number of nitrogens with zero attached hydrogens (tertiary/aromatic N) is 12. The van der Waals surface area contributed by atoms with E-state index in [0.29, 0.717) is 17.4 Å². The first kappa shape index (κ1) is 95.3. The smallest absolute Gasteiger partial charge is 0.321 e. The fraction of sp³-hybridized carbons (Fsp3) is 0.221. The molecule has 18 rings (SSSR count). The average Bonchev–Trinajstić information content (AvgIpc) is 1.67. The first-order valence-corrected chi connectivity index (χ1v) is 43.4. The van der Waals surface area contributed by atoms with E-state index in [0.717, 1.165) is 119 Å². The van der Waals surface area contributed by atoms with Gasteiger partial charge in [-0.1, -0.05) is 140 Å². The van der Waals surface area contributed by atoms with E-state index >= 15 is 0 Å². The van der Waals surface area contributed by atoms with Crippen molar-refractivity contribution in [3.8, 4) is 56.3 Å². The summed E-state index contributed by atoms with van der Waals surface area (Å²) in [7, 11) is 24.2. The van der Waals surface area contributed by atoms with Gasteiger partial charge in [-0.15, -0.1) is 39.1 Å². The lowest BCUT2D eigenvalue weighted by atomic mass is 9.93. The fourth-order valence-electron chi connectivity index (χ4n) is 11.6. The number of azo groups is 1. The lowest BCUT2D eigenvalue weighted by molar-refractivity contribution is 0.0963. The molecule has 1 aliphatic heterocycles. The van der Waals surface area contributed by atoms with Crippen molar-refractivity contribution in [2.45, 2.75) is 51.1 Å². The van der Waals surface area contributed by atoms with E-state index in [-0.39, 0.29) is 17.5 Å². The maximum atomic E-state index is 11.1. The summed E-state index contributed by atoms with van der Waals surface area (Å²) in [6.07, 6.45) is 5.73. The van der Waals surface area contributed by atoms with E-state index in [1.54, 1.807) is 66.4 Å². The van der Waals surface area contributed by atoms with Crippen molar-refractivity contribution >= 4 is 120 Å². The summed E-state index contributed by atoms with van der Waals surface area (Å²) in [4.78, 5) is 32.1. The summed E-state index contributed by atoms with van der Waals surface area (Å²) < 4.78 is 13.2. The number of thiazole rings is 3. The van der Waals surface area contributed by atoms with Crippen molar-refractivity contribution < 1.29 is 13.8 Å². The van der Waals surface area contributed by atoms with E-state index in [1.807, 2.05) is 232 Å². The number of aromatic nitrogens is 10. The number of nitrogens with one attached hydrogen (secondary N) is 13. The summed E-state index contributed by atoms with van der Waals surface area (Å²) in [5.41, 5.74) is 28.3. The van der Waals surface area contributed by atoms with Crippen LogP contribution in [0.15, 0.2) is 294 Å². The molecule has 31 heteroatoms. The van der Waals surface area contributed by atoms with Crippen LogP contribution in [0.3, 0.4) is 0 Å². The molecule has 2 aliphatic rings. The minimum Gasteiger partial charge on any atom is -0.388 e. The molecule has 1 aliphatic carbocycles. The van der Waals surface area contributed by atoms with Crippen LogP contribution in [0.1, 0.15) is 73.1 Å². The highest BCUT2D eigenvalue weighted by atomic mass is 32.1. The van der Waals surface area contributed by atoms with Gasteiger partial charge in [-0.05, 0) is 139 Å². The third kappa shape index (κ3) is 30.5. The molecule has 1 fully saturated rings. The topological polar surface area (TPSA) is 349 Å². The molecule has 9 aromatic carbocycles. The van der Waals surface area contributed by atoms with Gasteiger partial charge in [0, 0.05) is 211 Å². The molecule has 13 N–H and O–H groups in total. The third-order valence-corrected chi connectivity index (χ3v) is 20.8. The second kappa shape index (κ2) is 50.8. The van der Waals surface area contributed by atoms with Gasteiger partial charge in [0.1, 0.15) is 17.9 Å². The Labute approximate surface area is 749 Å². The van der Waals surface area contributed by atoms with Crippen molar-refractivity contribution in [1.29, 1.82) is 0 Å². The highest BCUT2D eigenvalue weighted by Gasteiger charge is 2.27. The molecule has 654 valence electrons. The number of carbonyl (C=O) groups is 1. The molecule has 1 unspecified atom stereocenters. The fourth-order valence-corrected chi connectivity index (χ4v) is 13.5. The van der Waals surface area contributed by atoms with Gasteiger partial charge >= 0.3 is 6.01 Å². The lowest BCUT2D eigenvalue weighted by Crippen LogP contribution is -2.17. The molecule has 8 heterocycles. The zero-order chi connectivity index (χ0) is 89.8. The maximum Gasteiger partial charge on any atom is 0.321 e. The molecule has 0 bridgehead atoms. The van der Waals surface area contributed by atoms with Gasteiger partial charge in [0.2, 0.25) is 5.82 Å². The normalized spacial score (nSPS) is 11.6. The minimum absolute atomic E-state index is 0.0437. The number of H-pyrrole nitrogens is 1. The number of benzene rings is 9. The van der Waals surface area contributed by atoms with Crippen LogP contribution >= 0.6 is 34.0 Å². The van der Waals surface area contributed by atoms with E-state index in [4.69, 9.17) is 9.05 Å². The Kier molecular flexibility index (Phi) is 38.4. The maximum absolute atomic E-state index is 11.1. The molecular weight excluding hydrogens is 1640 g/mol. The van der Waals surface area contributed by atoms with Gasteiger partial charge in [0.05, 0.1) is 49.5 Å². The van der Waals surface area contributed by atoms with Gasteiger partial charge in [-0.3, -0.25) is 14.6 Å². The predicted octanol–water partition coefficient (Wildman–Crippen LogP) is 22.0. The van der Waals surface area contributed by atoms with E-state index in [1.165, 1.54) is 40.7 Å². The summed E-state index contributed by atoms with van der Waals surface area (Å²) in [5, 5.41) is 66.7. The van der Waals surface area contributed by atoms with Crippen LogP contribution in [-0.4, -0.2) is 147 Å². The number of fused-ring (bicyclic) bond motifs is 1. The zero-order valence-corrected chi connectivity index (χ0v) is 76.4. The number of hydrogen-bond acceptors (Lipinski definition) is 28. The van der Waals surface area contributed by atoms with Gasteiger partial charge in [0.25, 0.3) is 5.91 Å². The summed E-state index contributed by atoms with van der Waals surface area (Å²) in [6.45, 7) is 6.27. The molecule has 0 spiro atoms. The van der Waals surface area contributed by atoms with Crippen LogP contribution in [0, 0.1) is 0 Å². The number of aromatic amines is 1. The predicted molar refractivity (Wildman–Crippen MR) is 528 cm³/mol. The largest absolute Gasteiger partial charge is 0.388 e. The summed E-state index contributed by atoms with van der Waals surface area (Å²) in [5.74, 6) is 4.07.